The molecule has 1 N–H and O–H groups in total. The highest BCUT2D eigenvalue weighted by Gasteiger charge is 2.24. The highest BCUT2D eigenvalue weighted by Crippen LogP contribution is 2.22. The summed E-state index contributed by atoms with van der Waals surface area (Å²) in [6.07, 6.45) is 1.09. The van der Waals surface area contributed by atoms with Crippen molar-refractivity contribution in [1.82, 2.24) is 14.7 Å². The maximum atomic E-state index is 12.9. The number of nitrogens with zero attached hydrogens (tertiary/aromatic N) is 3. The van der Waals surface area contributed by atoms with Gasteiger partial charge in [-0.25, -0.2) is 4.79 Å². The highest BCUT2D eigenvalue weighted by atomic mass is 16.4. The Bertz CT molecular complexity index is 883. The van der Waals surface area contributed by atoms with E-state index in [1.54, 1.807) is 12.1 Å². The normalized spacial score (nSPS) is 13.7. The number of hydrogen-bond acceptors (Lipinski definition) is 3. The molecule has 6 nitrogen and oxygen atoms in total. The van der Waals surface area contributed by atoms with Gasteiger partial charge in [-0.15, -0.1) is 0 Å². The molecular weight excluding hydrogens is 342 g/mol. The number of hydrogen-bond donors (Lipinski definition) is 1. The molecule has 0 bridgehead atoms. The van der Waals surface area contributed by atoms with Crippen LogP contribution in [0.15, 0.2) is 18.2 Å². The molecule has 0 spiro atoms. The van der Waals surface area contributed by atoms with E-state index in [9.17, 15) is 14.7 Å². The van der Waals surface area contributed by atoms with Crippen molar-refractivity contribution in [2.75, 3.05) is 6.54 Å². The third kappa shape index (κ3) is 4.04. The SMILES string of the molecule is Cc1nn(CC(C)C)c(C)c1CC(=O)N1CCc2ccc(C(=O)O)cc2C1. The predicted molar refractivity (Wildman–Crippen MR) is 103 cm³/mol. The van der Waals surface area contributed by atoms with Gasteiger partial charge in [-0.3, -0.25) is 9.48 Å². The maximum absolute atomic E-state index is 12.9. The topological polar surface area (TPSA) is 75.4 Å². The molecule has 0 radical (unpaired) electrons. The number of carboxylic acids is 1. The van der Waals surface area contributed by atoms with Gasteiger partial charge in [-0.1, -0.05) is 19.9 Å². The van der Waals surface area contributed by atoms with Gasteiger partial charge in [0.05, 0.1) is 17.7 Å². The number of amides is 1. The molecule has 1 amide bonds. The molecule has 0 aliphatic carbocycles. The zero-order valence-electron chi connectivity index (χ0n) is 16.5. The van der Waals surface area contributed by atoms with E-state index in [1.807, 2.05) is 29.5 Å². The van der Waals surface area contributed by atoms with E-state index in [0.29, 0.717) is 25.4 Å². The Labute approximate surface area is 159 Å². The van der Waals surface area contributed by atoms with E-state index >= 15 is 0 Å². The minimum Gasteiger partial charge on any atom is -0.478 e. The van der Waals surface area contributed by atoms with Crippen molar-refractivity contribution >= 4 is 11.9 Å². The number of carboxylic acid groups (broad SMARTS) is 1. The fourth-order valence-corrected chi connectivity index (χ4v) is 3.68. The molecule has 2 heterocycles. The zero-order chi connectivity index (χ0) is 19.7. The van der Waals surface area contributed by atoms with Crippen molar-refractivity contribution in [2.24, 2.45) is 5.92 Å². The Hall–Kier alpha value is -2.63. The first-order valence-corrected chi connectivity index (χ1v) is 9.42. The van der Waals surface area contributed by atoms with Crippen LogP contribution in [0.4, 0.5) is 0 Å². The number of rotatable bonds is 5. The second-order valence-electron chi connectivity index (χ2n) is 7.76. The zero-order valence-corrected chi connectivity index (χ0v) is 16.5. The minimum atomic E-state index is -0.940. The second kappa shape index (κ2) is 7.55. The Morgan fingerprint density at radius 2 is 1.96 bits per heavy atom. The molecule has 27 heavy (non-hydrogen) atoms. The average molecular weight is 369 g/mol. The van der Waals surface area contributed by atoms with Crippen LogP contribution in [-0.4, -0.2) is 38.2 Å². The van der Waals surface area contributed by atoms with Crippen LogP contribution in [0.5, 0.6) is 0 Å². The molecular formula is C21H27N3O3. The van der Waals surface area contributed by atoms with Crippen LogP contribution in [0.3, 0.4) is 0 Å². The monoisotopic (exact) mass is 369 g/mol. The first kappa shape index (κ1) is 19.1. The quantitative estimate of drug-likeness (QED) is 0.879. The first-order chi connectivity index (χ1) is 12.8. The van der Waals surface area contributed by atoms with Gasteiger partial charge in [0.2, 0.25) is 5.91 Å². The van der Waals surface area contributed by atoms with Crippen LogP contribution in [0.2, 0.25) is 0 Å². The van der Waals surface area contributed by atoms with E-state index < -0.39 is 5.97 Å². The Morgan fingerprint density at radius 3 is 2.63 bits per heavy atom. The average Bonchev–Trinajstić information content (AvgIpc) is 2.87. The van der Waals surface area contributed by atoms with Gasteiger partial charge in [-0.2, -0.15) is 5.10 Å². The van der Waals surface area contributed by atoms with E-state index in [0.717, 1.165) is 41.0 Å². The third-order valence-electron chi connectivity index (χ3n) is 5.22. The van der Waals surface area contributed by atoms with Gasteiger partial charge < -0.3 is 10.0 Å². The second-order valence-corrected chi connectivity index (χ2v) is 7.76. The molecule has 0 unspecified atom stereocenters. The van der Waals surface area contributed by atoms with Crippen molar-refractivity contribution in [1.29, 1.82) is 0 Å². The van der Waals surface area contributed by atoms with Crippen LogP contribution in [0, 0.1) is 19.8 Å². The summed E-state index contributed by atoms with van der Waals surface area (Å²) in [7, 11) is 0. The summed E-state index contributed by atoms with van der Waals surface area (Å²) < 4.78 is 1.99. The summed E-state index contributed by atoms with van der Waals surface area (Å²) >= 11 is 0. The first-order valence-electron chi connectivity index (χ1n) is 9.42. The highest BCUT2D eigenvalue weighted by molar-refractivity contribution is 5.88. The molecule has 3 rings (SSSR count). The summed E-state index contributed by atoms with van der Waals surface area (Å²) in [4.78, 5) is 25.9. The van der Waals surface area contributed by atoms with Crippen molar-refractivity contribution in [2.45, 2.75) is 53.6 Å². The van der Waals surface area contributed by atoms with Crippen LogP contribution in [0.1, 0.15) is 52.3 Å². The van der Waals surface area contributed by atoms with Crippen LogP contribution in [-0.2, 0) is 30.7 Å². The van der Waals surface area contributed by atoms with Crippen molar-refractivity contribution in [3.05, 3.63) is 51.8 Å². The van der Waals surface area contributed by atoms with Crippen molar-refractivity contribution < 1.29 is 14.7 Å². The fourth-order valence-electron chi connectivity index (χ4n) is 3.68. The molecule has 0 saturated carbocycles. The van der Waals surface area contributed by atoms with E-state index in [-0.39, 0.29) is 11.5 Å². The van der Waals surface area contributed by atoms with E-state index in [4.69, 9.17) is 0 Å². The van der Waals surface area contributed by atoms with Gasteiger partial charge in [0.1, 0.15) is 0 Å². The summed E-state index contributed by atoms with van der Waals surface area (Å²) in [5, 5.41) is 13.8. The van der Waals surface area contributed by atoms with Gasteiger partial charge in [-0.05, 0) is 49.4 Å². The molecule has 1 aliphatic heterocycles. The smallest absolute Gasteiger partial charge is 0.335 e. The maximum Gasteiger partial charge on any atom is 0.335 e. The summed E-state index contributed by atoms with van der Waals surface area (Å²) in [6, 6.07) is 5.19. The number of aryl methyl sites for hydroxylation is 1. The molecule has 6 heteroatoms. The lowest BCUT2D eigenvalue weighted by atomic mass is 9.96. The van der Waals surface area contributed by atoms with Crippen LogP contribution < -0.4 is 0 Å². The fraction of sp³-hybridized carbons (Fsp3) is 0.476. The number of carbonyl (C=O) groups excluding carboxylic acids is 1. The van der Waals surface area contributed by atoms with Crippen LogP contribution >= 0.6 is 0 Å². The van der Waals surface area contributed by atoms with Gasteiger partial charge >= 0.3 is 5.97 Å². The number of aromatic nitrogens is 2. The van der Waals surface area contributed by atoms with E-state index in [2.05, 4.69) is 18.9 Å². The molecule has 1 aliphatic rings. The molecule has 2 aromatic rings. The molecule has 144 valence electrons. The lowest BCUT2D eigenvalue weighted by Crippen LogP contribution is -2.37. The lowest BCUT2D eigenvalue weighted by Gasteiger charge is -2.29. The third-order valence-corrected chi connectivity index (χ3v) is 5.22. The molecule has 1 aromatic heterocycles. The largest absolute Gasteiger partial charge is 0.478 e. The number of fused-ring (bicyclic) bond motifs is 1. The van der Waals surface area contributed by atoms with Crippen molar-refractivity contribution in [3.63, 3.8) is 0 Å². The number of benzene rings is 1. The molecule has 0 atom stereocenters. The van der Waals surface area contributed by atoms with Crippen molar-refractivity contribution in [3.8, 4) is 0 Å². The van der Waals surface area contributed by atoms with Gasteiger partial charge in [0.15, 0.2) is 0 Å². The standard InChI is InChI=1S/C21H27N3O3/c1-13(2)11-24-15(4)19(14(3)22-24)10-20(25)23-8-7-16-5-6-17(21(26)27)9-18(16)12-23/h5-6,9,13H,7-8,10-12H2,1-4H3,(H,26,27). The molecule has 0 saturated heterocycles. The Kier molecular flexibility index (Phi) is 5.35. The van der Waals surface area contributed by atoms with Crippen LogP contribution in [0.25, 0.3) is 0 Å². The number of aromatic carboxylic acids is 1. The lowest BCUT2D eigenvalue weighted by molar-refractivity contribution is -0.131. The Balaban J connectivity index is 1.75. The Morgan fingerprint density at radius 1 is 1.22 bits per heavy atom. The van der Waals surface area contributed by atoms with E-state index in [1.165, 1.54) is 0 Å². The van der Waals surface area contributed by atoms with Gasteiger partial charge in [0, 0.05) is 30.9 Å². The molecule has 1 aromatic carbocycles. The van der Waals surface area contributed by atoms with Gasteiger partial charge in [0.25, 0.3) is 0 Å². The molecule has 0 fully saturated rings. The summed E-state index contributed by atoms with van der Waals surface area (Å²) in [5.41, 5.74) is 5.29. The number of carbonyl (C=O) groups is 2. The minimum absolute atomic E-state index is 0.0664. The summed E-state index contributed by atoms with van der Waals surface area (Å²) in [5.74, 6) is -0.379. The predicted octanol–water partition coefficient (Wildman–Crippen LogP) is 2.98. The summed E-state index contributed by atoms with van der Waals surface area (Å²) in [6.45, 7) is 10.3.